The molecule has 0 fully saturated rings. The SMILES string of the molecule is O=C(Nc1cc2ccccc2cn1)c1sccc1SCc1ccncc1. The number of fused-ring (bicyclic) bond motifs is 1. The topological polar surface area (TPSA) is 54.9 Å². The average molecular weight is 377 g/mol. The molecule has 1 N–H and O–H groups in total. The molecule has 6 heteroatoms. The Bertz CT molecular complexity index is 1050. The molecule has 0 atom stereocenters. The number of thiophene rings is 1. The van der Waals surface area contributed by atoms with E-state index in [0.29, 0.717) is 10.7 Å². The average Bonchev–Trinajstić information content (AvgIpc) is 3.16. The van der Waals surface area contributed by atoms with Crippen molar-refractivity contribution >= 4 is 45.6 Å². The van der Waals surface area contributed by atoms with Gasteiger partial charge in [0.2, 0.25) is 0 Å². The Labute approximate surface area is 159 Å². The Morgan fingerprint density at radius 3 is 2.73 bits per heavy atom. The van der Waals surface area contributed by atoms with Crippen LogP contribution >= 0.6 is 23.1 Å². The quantitative estimate of drug-likeness (QED) is 0.484. The molecule has 0 bridgehead atoms. The molecule has 4 aromatic rings. The van der Waals surface area contributed by atoms with E-state index < -0.39 is 0 Å². The van der Waals surface area contributed by atoms with Gasteiger partial charge in [0.15, 0.2) is 0 Å². The number of amides is 1. The molecule has 1 amide bonds. The fourth-order valence-electron chi connectivity index (χ4n) is 2.54. The number of carbonyl (C=O) groups is 1. The summed E-state index contributed by atoms with van der Waals surface area (Å²) in [5, 5.41) is 6.96. The minimum atomic E-state index is -0.125. The van der Waals surface area contributed by atoms with Gasteiger partial charge in [0, 0.05) is 34.6 Å². The van der Waals surface area contributed by atoms with Crippen LogP contribution in [0.3, 0.4) is 0 Å². The number of carbonyl (C=O) groups excluding carboxylic acids is 1. The van der Waals surface area contributed by atoms with Gasteiger partial charge in [-0.15, -0.1) is 23.1 Å². The molecule has 0 aliphatic rings. The number of benzene rings is 1. The first-order valence-corrected chi connectivity index (χ1v) is 9.91. The molecule has 1 aromatic carbocycles. The van der Waals surface area contributed by atoms with Crippen LogP contribution in [0.5, 0.6) is 0 Å². The maximum atomic E-state index is 12.7. The van der Waals surface area contributed by atoms with Crippen molar-refractivity contribution in [3.63, 3.8) is 0 Å². The lowest BCUT2D eigenvalue weighted by atomic mass is 10.2. The molecular weight excluding hydrogens is 362 g/mol. The van der Waals surface area contributed by atoms with Gasteiger partial charge in [-0.05, 0) is 40.6 Å². The number of pyridine rings is 2. The smallest absolute Gasteiger partial charge is 0.268 e. The summed E-state index contributed by atoms with van der Waals surface area (Å²) in [6.07, 6.45) is 5.34. The van der Waals surface area contributed by atoms with Crippen molar-refractivity contribution in [2.24, 2.45) is 0 Å². The molecule has 128 valence electrons. The van der Waals surface area contributed by atoms with E-state index in [4.69, 9.17) is 0 Å². The standard InChI is InChI=1S/C20H15N3OS2/c24-20(23-18-11-15-3-1-2-4-16(15)12-22-18)19-17(7-10-25-19)26-13-14-5-8-21-9-6-14/h1-12H,13H2,(H,22,23,24). The monoisotopic (exact) mass is 377 g/mol. The van der Waals surface area contributed by atoms with Crippen LogP contribution in [0.2, 0.25) is 0 Å². The normalized spacial score (nSPS) is 10.8. The van der Waals surface area contributed by atoms with Crippen molar-refractivity contribution in [1.82, 2.24) is 9.97 Å². The van der Waals surface area contributed by atoms with Gasteiger partial charge in [-0.1, -0.05) is 24.3 Å². The van der Waals surface area contributed by atoms with E-state index in [1.807, 2.05) is 53.9 Å². The Kier molecular flexibility index (Phi) is 4.95. The molecule has 0 aliphatic heterocycles. The van der Waals surface area contributed by atoms with Gasteiger partial charge in [0.25, 0.3) is 5.91 Å². The Balaban J connectivity index is 1.48. The van der Waals surface area contributed by atoms with E-state index in [9.17, 15) is 4.79 Å². The molecule has 3 aromatic heterocycles. The Hall–Kier alpha value is -2.70. The Morgan fingerprint density at radius 2 is 1.88 bits per heavy atom. The van der Waals surface area contributed by atoms with E-state index in [0.717, 1.165) is 21.4 Å². The number of nitrogens with one attached hydrogen (secondary N) is 1. The molecule has 26 heavy (non-hydrogen) atoms. The van der Waals surface area contributed by atoms with Crippen molar-refractivity contribution in [1.29, 1.82) is 0 Å². The van der Waals surface area contributed by atoms with Crippen molar-refractivity contribution < 1.29 is 4.79 Å². The lowest BCUT2D eigenvalue weighted by Gasteiger charge is -2.07. The van der Waals surface area contributed by atoms with Crippen LogP contribution in [0.4, 0.5) is 5.82 Å². The molecule has 0 aliphatic carbocycles. The summed E-state index contributed by atoms with van der Waals surface area (Å²) in [6, 6.07) is 15.8. The summed E-state index contributed by atoms with van der Waals surface area (Å²) < 4.78 is 0. The molecule has 0 radical (unpaired) electrons. The van der Waals surface area contributed by atoms with Crippen LogP contribution in [-0.2, 0) is 5.75 Å². The molecule has 0 spiro atoms. The largest absolute Gasteiger partial charge is 0.306 e. The molecule has 0 saturated heterocycles. The minimum Gasteiger partial charge on any atom is -0.306 e. The third-order valence-electron chi connectivity index (χ3n) is 3.85. The zero-order chi connectivity index (χ0) is 17.8. The third kappa shape index (κ3) is 3.76. The van der Waals surface area contributed by atoms with Gasteiger partial charge in [0.05, 0.1) is 0 Å². The highest BCUT2D eigenvalue weighted by atomic mass is 32.2. The van der Waals surface area contributed by atoms with Crippen molar-refractivity contribution in [3.05, 3.63) is 82.9 Å². The van der Waals surface area contributed by atoms with Crippen LogP contribution < -0.4 is 5.32 Å². The van der Waals surface area contributed by atoms with E-state index in [1.165, 1.54) is 16.9 Å². The highest BCUT2D eigenvalue weighted by Crippen LogP contribution is 2.30. The second kappa shape index (κ2) is 7.68. The zero-order valence-corrected chi connectivity index (χ0v) is 15.4. The second-order valence-corrected chi connectivity index (χ2v) is 7.56. The molecule has 0 saturated carbocycles. The van der Waals surface area contributed by atoms with Crippen molar-refractivity contribution in [2.75, 3.05) is 5.32 Å². The lowest BCUT2D eigenvalue weighted by molar-refractivity contribution is 0.102. The van der Waals surface area contributed by atoms with E-state index in [-0.39, 0.29) is 5.91 Å². The number of hydrogen-bond acceptors (Lipinski definition) is 5. The number of anilines is 1. The third-order valence-corrected chi connectivity index (χ3v) is 6.02. The minimum absolute atomic E-state index is 0.125. The van der Waals surface area contributed by atoms with E-state index in [2.05, 4.69) is 15.3 Å². The lowest BCUT2D eigenvalue weighted by Crippen LogP contribution is -2.12. The number of rotatable bonds is 5. The maximum Gasteiger partial charge on any atom is 0.268 e. The fourth-order valence-corrected chi connectivity index (χ4v) is 4.53. The number of aromatic nitrogens is 2. The predicted molar refractivity (Wildman–Crippen MR) is 108 cm³/mol. The van der Waals surface area contributed by atoms with Crippen LogP contribution in [0.1, 0.15) is 15.2 Å². The number of nitrogens with zero attached hydrogens (tertiary/aromatic N) is 2. The van der Waals surface area contributed by atoms with E-state index in [1.54, 1.807) is 30.4 Å². The highest BCUT2D eigenvalue weighted by molar-refractivity contribution is 7.98. The van der Waals surface area contributed by atoms with Gasteiger partial charge in [-0.25, -0.2) is 4.98 Å². The molecule has 3 heterocycles. The summed E-state index contributed by atoms with van der Waals surface area (Å²) in [5.74, 6) is 1.24. The summed E-state index contributed by atoms with van der Waals surface area (Å²) in [5.41, 5.74) is 1.18. The van der Waals surface area contributed by atoms with Gasteiger partial charge in [-0.3, -0.25) is 9.78 Å². The molecule has 4 nitrogen and oxygen atoms in total. The van der Waals surface area contributed by atoms with Crippen LogP contribution in [-0.4, -0.2) is 15.9 Å². The molecule has 4 rings (SSSR count). The van der Waals surface area contributed by atoms with Gasteiger partial charge in [-0.2, -0.15) is 0 Å². The maximum absolute atomic E-state index is 12.7. The number of hydrogen-bond donors (Lipinski definition) is 1. The van der Waals surface area contributed by atoms with Crippen LogP contribution in [0.15, 0.2) is 77.4 Å². The van der Waals surface area contributed by atoms with Crippen molar-refractivity contribution in [2.45, 2.75) is 10.6 Å². The first-order valence-electron chi connectivity index (χ1n) is 8.05. The summed E-state index contributed by atoms with van der Waals surface area (Å²) in [4.78, 5) is 22.7. The highest BCUT2D eigenvalue weighted by Gasteiger charge is 2.14. The van der Waals surface area contributed by atoms with E-state index >= 15 is 0 Å². The fraction of sp³-hybridized carbons (Fsp3) is 0.0500. The molecule has 0 unspecified atom stereocenters. The predicted octanol–water partition coefficient (Wildman–Crippen LogP) is 5.24. The zero-order valence-electron chi connectivity index (χ0n) is 13.8. The summed E-state index contributed by atoms with van der Waals surface area (Å²) >= 11 is 3.09. The first kappa shape index (κ1) is 16.8. The van der Waals surface area contributed by atoms with Gasteiger partial charge in [0.1, 0.15) is 10.7 Å². The number of thioether (sulfide) groups is 1. The second-order valence-electron chi connectivity index (χ2n) is 5.63. The first-order chi connectivity index (χ1) is 12.8. The van der Waals surface area contributed by atoms with Crippen molar-refractivity contribution in [3.8, 4) is 0 Å². The Morgan fingerprint density at radius 1 is 1.08 bits per heavy atom. The van der Waals surface area contributed by atoms with Crippen LogP contribution in [0, 0.1) is 0 Å². The summed E-state index contributed by atoms with van der Waals surface area (Å²) in [6.45, 7) is 0. The van der Waals surface area contributed by atoms with Gasteiger partial charge < -0.3 is 5.32 Å². The van der Waals surface area contributed by atoms with Crippen LogP contribution in [0.25, 0.3) is 10.8 Å². The molecular formula is C20H15N3OS2. The van der Waals surface area contributed by atoms with Gasteiger partial charge >= 0.3 is 0 Å². The summed E-state index contributed by atoms with van der Waals surface area (Å²) in [7, 11) is 0.